The Hall–Kier alpha value is -3.73. The van der Waals surface area contributed by atoms with Crippen LogP contribution >= 0.6 is 11.6 Å². The number of sulfonamides is 1. The molecule has 9 nitrogen and oxygen atoms in total. The lowest BCUT2D eigenvalue weighted by Gasteiger charge is -2.36. The number of aryl methyl sites for hydroxylation is 1. The van der Waals surface area contributed by atoms with Crippen molar-refractivity contribution in [2.45, 2.75) is 31.1 Å². The van der Waals surface area contributed by atoms with E-state index in [0.717, 1.165) is 36.1 Å². The highest BCUT2D eigenvalue weighted by atomic mass is 35.5. The zero-order chi connectivity index (χ0) is 28.4. The minimum absolute atomic E-state index is 0.0481. The molecular weight excluding hydrogens is 562 g/mol. The molecule has 2 aliphatic rings. The number of ether oxygens (including phenoxy) is 1. The largest absolute Gasteiger partial charge is 0.476 e. The quantitative estimate of drug-likeness (QED) is 0.314. The minimum atomic E-state index is -3.49. The van der Waals surface area contributed by atoms with Gasteiger partial charge < -0.3 is 9.64 Å². The second-order valence-electron chi connectivity index (χ2n) is 10.2. The van der Waals surface area contributed by atoms with Gasteiger partial charge in [0.1, 0.15) is 11.8 Å². The maximum atomic E-state index is 13.9. The van der Waals surface area contributed by atoms with Gasteiger partial charge in [0.25, 0.3) is 0 Å². The van der Waals surface area contributed by atoms with E-state index in [4.69, 9.17) is 16.3 Å². The van der Waals surface area contributed by atoms with E-state index in [1.165, 1.54) is 8.99 Å². The molecule has 11 heteroatoms. The van der Waals surface area contributed by atoms with Gasteiger partial charge in [0.2, 0.25) is 15.8 Å². The van der Waals surface area contributed by atoms with Crippen molar-refractivity contribution >= 4 is 27.3 Å². The summed E-state index contributed by atoms with van der Waals surface area (Å²) in [6.45, 7) is 1.37. The monoisotopic (exact) mass is 591 g/mol. The molecule has 212 valence electrons. The van der Waals surface area contributed by atoms with Crippen LogP contribution < -0.4 is 15.2 Å². The Morgan fingerprint density at radius 2 is 1.78 bits per heavy atom. The van der Waals surface area contributed by atoms with E-state index in [-0.39, 0.29) is 17.6 Å². The summed E-state index contributed by atoms with van der Waals surface area (Å²) in [6, 6.07) is 20.1. The Bertz CT molecular complexity index is 1710. The minimum Gasteiger partial charge on any atom is -0.476 e. The fourth-order valence-corrected chi connectivity index (χ4v) is 7.16. The van der Waals surface area contributed by atoms with Crippen LogP contribution in [0, 0.1) is 0 Å². The van der Waals surface area contributed by atoms with Crippen LogP contribution in [0.5, 0.6) is 5.75 Å². The van der Waals surface area contributed by atoms with Crippen LogP contribution in [0.25, 0.3) is 5.69 Å². The molecule has 1 aliphatic carbocycles. The molecule has 0 amide bonds. The molecule has 0 bridgehead atoms. The van der Waals surface area contributed by atoms with Crippen LogP contribution in [0.3, 0.4) is 0 Å². The van der Waals surface area contributed by atoms with E-state index in [9.17, 15) is 13.2 Å². The molecule has 0 spiro atoms. The SMILES string of the molecule is O=c1c(OC2CCCc3cccnc32)c(N2CCN(S(=O)(=O)Cc3ccccc3)CC2)cnn1-c1cccc(Cl)c1. The standard InChI is InChI=1S/C30H30ClN5O4S/c31-24-11-5-12-25(19-24)36-30(37)29(40-27-13-4-9-23-10-6-14-32-28(23)27)26(20-33-36)34-15-17-35(18-16-34)41(38,39)21-22-7-2-1-3-8-22/h1-3,5-8,10-12,14,19-20,27H,4,9,13,15-18,21H2. The fourth-order valence-electron chi connectivity index (χ4n) is 5.46. The van der Waals surface area contributed by atoms with E-state index in [2.05, 4.69) is 10.1 Å². The van der Waals surface area contributed by atoms with Gasteiger partial charge in [-0.2, -0.15) is 14.1 Å². The number of piperazine rings is 1. The smallest absolute Gasteiger partial charge is 0.316 e. The lowest BCUT2D eigenvalue weighted by molar-refractivity contribution is 0.175. The Kier molecular flexibility index (Phi) is 7.79. The molecule has 1 aliphatic heterocycles. The first-order valence-corrected chi connectivity index (χ1v) is 15.6. The van der Waals surface area contributed by atoms with Crippen LogP contribution in [0.1, 0.15) is 35.8 Å². The molecule has 2 aromatic carbocycles. The summed E-state index contributed by atoms with van der Waals surface area (Å²) in [6.07, 6.45) is 5.55. The summed E-state index contributed by atoms with van der Waals surface area (Å²) >= 11 is 6.21. The number of nitrogens with zero attached hydrogens (tertiary/aromatic N) is 5. The van der Waals surface area contributed by atoms with E-state index in [0.29, 0.717) is 42.6 Å². The van der Waals surface area contributed by atoms with Gasteiger partial charge in [0.15, 0.2) is 0 Å². The molecule has 3 heterocycles. The third-order valence-corrected chi connectivity index (χ3v) is 9.62. The number of hydrogen-bond donors (Lipinski definition) is 0. The molecule has 41 heavy (non-hydrogen) atoms. The Morgan fingerprint density at radius 3 is 2.56 bits per heavy atom. The molecule has 0 N–H and O–H groups in total. The van der Waals surface area contributed by atoms with Gasteiger partial charge in [0.05, 0.1) is 23.3 Å². The highest BCUT2D eigenvalue weighted by Gasteiger charge is 2.31. The maximum absolute atomic E-state index is 13.9. The summed E-state index contributed by atoms with van der Waals surface area (Å²) in [4.78, 5) is 20.5. The molecule has 1 fully saturated rings. The normalized spacial score (nSPS) is 17.7. The maximum Gasteiger partial charge on any atom is 0.316 e. The van der Waals surface area contributed by atoms with Gasteiger partial charge >= 0.3 is 5.56 Å². The van der Waals surface area contributed by atoms with E-state index >= 15 is 0 Å². The number of fused-ring (bicyclic) bond motifs is 1. The third kappa shape index (κ3) is 5.86. The summed E-state index contributed by atoms with van der Waals surface area (Å²) in [5.74, 6) is 0.122. The Morgan fingerprint density at radius 1 is 0.976 bits per heavy atom. The lowest BCUT2D eigenvalue weighted by Crippen LogP contribution is -2.49. The van der Waals surface area contributed by atoms with Crippen molar-refractivity contribution in [1.82, 2.24) is 19.1 Å². The van der Waals surface area contributed by atoms with Crippen molar-refractivity contribution in [3.63, 3.8) is 0 Å². The first kappa shape index (κ1) is 27.4. The summed E-state index contributed by atoms with van der Waals surface area (Å²) in [5, 5.41) is 4.95. The van der Waals surface area contributed by atoms with Crippen LogP contribution in [-0.4, -0.2) is 53.7 Å². The summed E-state index contributed by atoms with van der Waals surface area (Å²) in [5.41, 5.74) is 3.36. The van der Waals surface area contributed by atoms with Crippen molar-refractivity contribution < 1.29 is 13.2 Å². The fraction of sp³-hybridized carbons (Fsp3) is 0.300. The van der Waals surface area contributed by atoms with Crippen LogP contribution in [0.2, 0.25) is 5.02 Å². The van der Waals surface area contributed by atoms with Crippen molar-refractivity contribution in [2.75, 3.05) is 31.1 Å². The van der Waals surface area contributed by atoms with Crippen molar-refractivity contribution in [2.24, 2.45) is 0 Å². The van der Waals surface area contributed by atoms with Crippen LogP contribution in [0.4, 0.5) is 5.69 Å². The van der Waals surface area contributed by atoms with Gasteiger partial charge in [-0.3, -0.25) is 9.78 Å². The molecule has 1 unspecified atom stereocenters. The Balaban J connectivity index is 1.30. The van der Waals surface area contributed by atoms with E-state index in [1.54, 1.807) is 36.7 Å². The number of aromatic nitrogens is 3. The van der Waals surface area contributed by atoms with Crippen molar-refractivity contribution in [1.29, 1.82) is 0 Å². The molecule has 4 aromatic rings. The first-order chi connectivity index (χ1) is 19.9. The van der Waals surface area contributed by atoms with Crippen LogP contribution in [-0.2, 0) is 22.2 Å². The topological polar surface area (TPSA) is 97.6 Å². The molecule has 6 rings (SSSR count). The number of benzene rings is 2. The van der Waals surface area contributed by atoms with E-state index in [1.807, 2.05) is 47.4 Å². The van der Waals surface area contributed by atoms with Gasteiger partial charge in [-0.15, -0.1) is 0 Å². The molecule has 0 saturated carbocycles. The van der Waals surface area contributed by atoms with Gasteiger partial charge in [-0.25, -0.2) is 8.42 Å². The van der Waals surface area contributed by atoms with Gasteiger partial charge in [0, 0.05) is 37.4 Å². The zero-order valence-corrected chi connectivity index (χ0v) is 24.0. The number of anilines is 1. The predicted octanol–water partition coefficient (Wildman–Crippen LogP) is 4.39. The molecule has 1 saturated heterocycles. The highest BCUT2D eigenvalue weighted by molar-refractivity contribution is 7.88. The van der Waals surface area contributed by atoms with Crippen molar-refractivity contribution in [3.05, 3.63) is 111 Å². The lowest BCUT2D eigenvalue weighted by atomic mass is 9.94. The molecular formula is C30H30ClN5O4S. The number of pyridine rings is 1. The number of hydrogen-bond acceptors (Lipinski definition) is 7. The average molecular weight is 592 g/mol. The Labute approximate surface area is 244 Å². The summed E-state index contributed by atoms with van der Waals surface area (Å²) in [7, 11) is -3.49. The average Bonchev–Trinajstić information content (AvgIpc) is 2.99. The van der Waals surface area contributed by atoms with Gasteiger partial charge in [-0.05, 0) is 54.7 Å². The van der Waals surface area contributed by atoms with E-state index < -0.39 is 15.6 Å². The molecule has 1 atom stereocenters. The second kappa shape index (κ2) is 11.6. The zero-order valence-electron chi connectivity index (χ0n) is 22.4. The molecule has 2 aromatic heterocycles. The third-order valence-electron chi connectivity index (χ3n) is 7.54. The summed E-state index contributed by atoms with van der Waals surface area (Å²) < 4.78 is 35.6. The number of halogens is 1. The highest BCUT2D eigenvalue weighted by Crippen LogP contribution is 2.35. The predicted molar refractivity (Wildman–Crippen MR) is 158 cm³/mol. The first-order valence-electron chi connectivity index (χ1n) is 13.6. The molecule has 0 radical (unpaired) electrons. The second-order valence-corrected chi connectivity index (χ2v) is 12.6. The van der Waals surface area contributed by atoms with Crippen LogP contribution in [0.15, 0.2) is 83.9 Å². The van der Waals surface area contributed by atoms with Crippen molar-refractivity contribution in [3.8, 4) is 11.4 Å². The van der Waals surface area contributed by atoms with Gasteiger partial charge in [-0.1, -0.05) is 54.1 Å². The number of rotatable bonds is 7.